The molecule has 4 aliphatic rings. The number of hydrogen-bond acceptors (Lipinski definition) is 2. The first-order valence-electron chi connectivity index (χ1n) is 20.2. The van der Waals surface area contributed by atoms with E-state index in [9.17, 15) is 0 Å². The van der Waals surface area contributed by atoms with Crippen molar-refractivity contribution in [1.29, 1.82) is 0 Å². The third kappa shape index (κ3) is 4.91. The highest BCUT2D eigenvalue weighted by Crippen LogP contribution is 2.62. The molecule has 0 N–H and O–H groups in total. The largest absolute Gasteiger partial charge is 0.335 e. The summed E-state index contributed by atoms with van der Waals surface area (Å²) in [5, 5.41) is 0. The van der Waals surface area contributed by atoms with Gasteiger partial charge in [0.25, 0.3) is 6.71 Å². The number of rotatable bonds is 2. The summed E-state index contributed by atoms with van der Waals surface area (Å²) in [5.74, 6) is 0. The Kier molecular flexibility index (Phi) is 7.27. The normalized spacial score (nSPS) is 21.6. The molecule has 0 spiro atoms. The predicted octanol–water partition coefficient (Wildman–Crippen LogP) is 11.6. The lowest BCUT2D eigenvalue weighted by atomic mass is 9.33. The van der Waals surface area contributed by atoms with Crippen LogP contribution in [0.2, 0.25) is 0 Å². The summed E-state index contributed by atoms with van der Waals surface area (Å²) < 4.78 is 0. The summed E-state index contributed by atoms with van der Waals surface area (Å²) in [4.78, 5) is 5.54. The zero-order valence-corrected chi connectivity index (χ0v) is 34.0. The molecule has 1 saturated carbocycles. The Labute approximate surface area is 319 Å². The number of fused-ring (bicyclic) bond motifs is 7. The van der Waals surface area contributed by atoms with E-state index in [0.29, 0.717) is 0 Å². The third-order valence-corrected chi connectivity index (χ3v) is 13.8. The van der Waals surface area contributed by atoms with Crippen molar-refractivity contribution in [3.8, 4) is 11.1 Å². The van der Waals surface area contributed by atoms with Crippen molar-refractivity contribution in [3.05, 3.63) is 119 Å². The van der Waals surface area contributed by atoms with Gasteiger partial charge in [-0.25, -0.2) is 0 Å². The van der Waals surface area contributed by atoms with Crippen LogP contribution in [0.4, 0.5) is 28.4 Å². The average molecular weight is 697 g/mol. The van der Waals surface area contributed by atoms with Crippen molar-refractivity contribution >= 4 is 51.5 Å². The van der Waals surface area contributed by atoms with Crippen molar-refractivity contribution in [2.75, 3.05) is 9.80 Å². The molecule has 1 aliphatic carbocycles. The fourth-order valence-electron chi connectivity index (χ4n) is 10.4. The number of benzene rings is 5. The first-order valence-corrected chi connectivity index (χ1v) is 20.2. The van der Waals surface area contributed by atoms with Gasteiger partial charge in [-0.3, -0.25) is 0 Å². The number of para-hydroxylation sites is 1. The van der Waals surface area contributed by atoms with E-state index in [4.69, 9.17) is 0 Å². The standard InChI is InChI=1S/C50H57BN2/c1-46(2,3)34-27-35(47(4,5)6)29-37(28-34)52-41-26-33(32-18-13-12-14-19-32)22-23-39(41)51-40-21-17-20-38-45(40)53(50(11)25-16-15-24-49(38,50)10)43-31-36(48(7,8)9)30-42(52)44(43)51/h12-14,17-23,26-31H,15-16,24-25H2,1-11H3. The zero-order valence-electron chi connectivity index (χ0n) is 34.0. The molecule has 3 aliphatic heterocycles. The quantitative estimate of drug-likeness (QED) is 0.166. The second-order valence-corrected chi connectivity index (χ2v) is 20.2. The van der Waals surface area contributed by atoms with Crippen LogP contribution in [0, 0.1) is 0 Å². The Morgan fingerprint density at radius 1 is 0.547 bits per heavy atom. The van der Waals surface area contributed by atoms with Crippen LogP contribution in [-0.4, -0.2) is 12.3 Å². The molecule has 270 valence electrons. The number of nitrogens with zero attached hydrogens (tertiary/aromatic N) is 2. The smallest absolute Gasteiger partial charge is 0.252 e. The summed E-state index contributed by atoms with van der Waals surface area (Å²) in [6.07, 6.45) is 5.02. The van der Waals surface area contributed by atoms with Crippen molar-refractivity contribution in [2.24, 2.45) is 0 Å². The van der Waals surface area contributed by atoms with Crippen LogP contribution >= 0.6 is 0 Å². The molecule has 0 amide bonds. The molecule has 2 unspecified atom stereocenters. The second-order valence-electron chi connectivity index (χ2n) is 20.2. The molecule has 5 aromatic carbocycles. The predicted molar refractivity (Wildman–Crippen MR) is 230 cm³/mol. The topological polar surface area (TPSA) is 6.48 Å². The molecule has 2 atom stereocenters. The highest BCUT2D eigenvalue weighted by Gasteiger charge is 2.61. The summed E-state index contributed by atoms with van der Waals surface area (Å²) in [7, 11) is 0. The summed E-state index contributed by atoms with van der Waals surface area (Å²) in [5.41, 5.74) is 19.5. The van der Waals surface area contributed by atoms with Crippen molar-refractivity contribution in [1.82, 2.24) is 0 Å². The van der Waals surface area contributed by atoms with Gasteiger partial charge in [0.15, 0.2) is 0 Å². The van der Waals surface area contributed by atoms with Gasteiger partial charge in [0, 0.05) is 33.9 Å². The van der Waals surface area contributed by atoms with Crippen LogP contribution in [0.25, 0.3) is 11.1 Å². The van der Waals surface area contributed by atoms with E-state index in [1.165, 1.54) is 98.3 Å². The van der Waals surface area contributed by atoms with Gasteiger partial charge in [-0.2, -0.15) is 0 Å². The van der Waals surface area contributed by atoms with E-state index in [1.807, 2.05) is 0 Å². The van der Waals surface area contributed by atoms with E-state index in [-0.39, 0.29) is 33.9 Å². The first kappa shape index (κ1) is 34.5. The molecule has 9 rings (SSSR count). The second kappa shape index (κ2) is 11.2. The highest BCUT2D eigenvalue weighted by molar-refractivity contribution is 7.00. The van der Waals surface area contributed by atoms with Gasteiger partial charge in [-0.15, -0.1) is 0 Å². The molecule has 1 fully saturated rings. The van der Waals surface area contributed by atoms with Gasteiger partial charge in [0.05, 0.1) is 5.54 Å². The van der Waals surface area contributed by atoms with Crippen LogP contribution in [0.3, 0.4) is 0 Å². The van der Waals surface area contributed by atoms with E-state index >= 15 is 0 Å². The van der Waals surface area contributed by atoms with Gasteiger partial charge in [-0.1, -0.05) is 149 Å². The summed E-state index contributed by atoms with van der Waals surface area (Å²) in [6.45, 7) is 26.7. The van der Waals surface area contributed by atoms with Gasteiger partial charge < -0.3 is 9.80 Å². The maximum atomic E-state index is 2.87. The fourth-order valence-corrected chi connectivity index (χ4v) is 10.4. The fraction of sp³-hybridized carbons (Fsp3) is 0.400. The Bertz CT molecular complexity index is 2270. The maximum Gasteiger partial charge on any atom is 0.252 e. The molecule has 3 heteroatoms. The van der Waals surface area contributed by atoms with Gasteiger partial charge in [0.1, 0.15) is 0 Å². The average Bonchev–Trinajstić information content (AvgIpc) is 3.32. The minimum absolute atomic E-state index is 0.000652. The Balaban J connectivity index is 1.43. The van der Waals surface area contributed by atoms with Crippen LogP contribution in [-0.2, 0) is 21.7 Å². The Morgan fingerprint density at radius 3 is 1.83 bits per heavy atom. The monoisotopic (exact) mass is 696 g/mol. The molecule has 5 aromatic rings. The summed E-state index contributed by atoms with van der Waals surface area (Å²) >= 11 is 0. The number of hydrogen-bond donors (Lipinski definition) is 0. The molecule has 0 saturated heterocycles. The number of anilines is 5. The molecule has 2 nitrogen and oxygen atoms in total. The van der Waals surface area contributed by atoms with E-state index in [1.54, 1.807) is 5.56 Å². The van der Waals surface area contributed by atoms with Crippen molar-refractivity contribution in [3.63, 3.8) is 0 Å². The molecule has 0 bridgehead atoms. The molecule has 0 radical (unpaired) electrons. The molecule has 3 heterocycles. The van der Waals surface area contributed by atoms with Crippen molar-refractivity contribution in [2.45, 2.75) is 129 Å². The Morgan fingerprint density at radius 2 is 1.17 bits per heavy atom. The van der Waals surface area contributed by atoms with Gasteiger partial charge >= 0.3 is 0 Å². The van der Waals surface area contributed by atoms with Crippen LogP contribution in [0.1, 0.15) is 124 Å². The van der Waals surface area contributed by atoms with Crippen LogP contribution in [0.15, 0.2) is 97.1 Å². The SMILES string of the molecule is CC(C)(C)c1cc(N2c3cc(-c4ccccc4)ccc3B3c4cccc5c4N(c4cc(C(C)(C)C)cc2c43)C2(C)CCCCC52C)cc(C(C)(C)C)c1. The minimum Gasteiger partial charge on any atom is -0.335 e. The zero-order chi connectivity index (χ0) is 37.5. The van der Waals surface area contributed by atoms with Gasteiger partial charge in [-0.05, 0) is 116 Å². The molecular formula is C50H57BN2. The van der Waals surface area contributed by atoms with Crippen molar-refractivity contribution < 1.29 is 0 Å². The lowest BCUT2D eigenvalue weighted by Gasteiger charge is -2.53. The molecule has 53 heavy (non-hydrogen) atoms. The lowest BCUT2D eigenvalue weighted by Crippen LogP contribution is -2.64. The van der Waals surface area contributed by atoms with Crippen LogP contribution < -0.4 is 26.2 Å². The molecule has 0 aromatic heterocycles. The highest BCUT2D eigenvalue weighted by atomic mass is 15.3. The molecular weight excluding hydrogens is 639 g/mol. The lowest BCUT2D eigenvalue weighted by molar-refractivity contribution is 0.195. The van der Waals surface area contributed by atoms with E-state index in [0.717, 1.165) is 0 Å². The minimum atomic E-state index is -0.0288. The maximum absolute atomic E-state index is 2.87. The Hall–Kier alpha value is -4.24. The van der Waals surface area contributed by atoms with E-state index in [2.05, 4.69) is 183 Å². The van der Waals surface area contributed by atoms with E-state index < -0.39 is 0 Å². The third-order valence-electron chi connectivity index (χ3n) is 13.8. The van der Waals surface area contributed by atoms with Crippen LogP contribution in [0.5, 0.6) is 0 Å². The first-order chi connectivity index (χ1) is 24.9. The summed E-state index contributed by atoms with van der Waals surface area (Å²) in [6, 6.07) is 38.2. The van der Waals surface area contributed by atoms with Gasteiger partial charge in [0.2, 0.25) is 0 Å².